The second-order valence-corrected chi connectivity index (χ2v) is 6.74. The van der Waals surface area contributed by atoms with Gasteiger partial charge >= 0.3 is 0 Å². The average Bonchev–Trinajstić information content (AvgIpc) is 2.66. The Kier molecular flexibility index (Phi) is 2.40. The summed E-state index contributed by atoms with van der Waals surface area (Å²) in [6.07, 6.45) is 0. The maximum Gasteiger partial charge on any atom is 0.0470 e. The van der Waals surface area contributed by atoms with E-state index in [0.717, 1.165) is 0 Å². The van der Waals surface area contributed by atoms with Gasteiger partial charge in [-0.25, -0.2) is 0 Å². The van der Waals surface area contributed by atoms with Crippen molar-refractivity contribution in [1.82, 2.24) is 0 Å². The van der Waals surface area contributed by atoms with Gasteiger partial charge in [0.05, 0.1) is 0 Å². The van der Waals surface area contributed by atoms with E-state index in [1.807, 2.05) is 0 Å². The molecule has 0 atom stereocenters. The molecule has 1 N–H and O–H groups in total. The van der Waals surface area contributed by atoms with Gasteiger partial charge in [0.2, 0.25) is 0 Å². The Hall–Kier alpha value is -3.32. The largest absolute Gasteiger partial charge is 0.354 e. The van der Waals surface area contributed by atoms with Gasteiger partial charge in [0.1, 0.15) is 0 Å². The number of rotatable bonds is 0. The second kappa shape index (κ2) is 4.61. The molecule has 5 aromatic rings. The molecule has 0 aliphatic carbocycles. The standard InChI is InChI=1S/C24H15N/c1-2-6-17-14-20-18(13-16(17)5-1)11-12-22-24(20)19-9-3-7-15-8-4-10-21(25-22)23(15)19/h1-14,25H. The molecule has 0 aromatic heterocycles. The molecule has 0 unspecified atom stereocenters. The van der Waals surface area contributed by atoms with Crippen molar-refractivity contribution in [2.45, 2.75) is 0 Å². The van der Waals surface area contributed by atoms with Gasteiger partial charge in [0.15, 0.2) is 0 Å². The van der Waals surface area contributed by atoms with Gasteiger partial charge in [-0.2, -0.15) is 0 Å². The molecule has 0 fully saturated rings. The van der Waals surface area contributed by atoms with Crippen LogP contribution in [0.3, 0.4) is 0 Å². The average molecular weight is 317 g/mol. The first kappa shape index (κ1) is 13.0. The van der Waals surface area contributed by atoms with E-state index in [-0.39, 0.29) is 0 Å². The topological polar surface area (TPSA) is 12.0 Å². The molecule has 0 amide bonds. The van der Waals surface area contributed by atoms with Crippen LogP contribution in [0.5, 0.6) is 0 Å². The van der Waals surface area contributed by atoms with E-state index in [4.69, 9.17) is 0 Å². The van der Waals surface area contributed by atoms with Crippen molar-refractivity contribution in [3.63, 3.8) is 0 Å². The smallest absolute Gasteiger partial charge is 0.0470 e. The van der Waals surface area contributed by atoms with Crippen molar-refractivity contribution >= 4 is 43.7 Å². The van der Waals surface area contributed by atoms with Gasteiger partial charge < -0.3 is 5.32 Å². The lowest BCUT2D eigenvalue weighted by Crippen LogP contribution is -2.01. The third kappa shape index (κ3) is 1.72. The van der Waals surface area contributed by atoms with E-state index in [0.29, 0.717) is 0 Å². The number of anilines is 2. The van der Waals surface area contributed by atoms with Crippen LogP contribution >= 0.6 is 0 Å². The van der Waals surface area contributed by atoms with E-state index >= 15 is 0 Å². The number of hydrogen-bond donors (Lipinski definition) is 1. The molecule has 1 heterocycles. The first-order valence-electron chi connectivity index (χ1n) is 8.63. The summed E-state index contributed by atoms with van der Waals surface area (Å²) in [5, 5.41) is 11.4. The molecule has 5 aromatic carbocycles. The zero-order chi connectivity index (χ0) is 16.4. The van der Waals surface area contributed by atoms with E-state index < -0.39 is 0 Å². The quantitative estimate of drug-likeness (QED) is 0.301. The third-order valence-electron chi connectivity index (χ3n) is 5.33. The highest BCUT2D eigenvalue weighted by Gasteiger charge is 2.19. The summed E-state index contributed by atoms with van der Waals surface area (Å²) in [6.45, 7) is 0. The van der Waals surface area contributed by atoms with Crippen LogP contribution in [0.1, 0.15) is 0 Å². The molecule has 0 radical (unpaired) electrons. The maximum atomic E-state index is 3.64. The minimum Gasteiger partial charge on any atom is -0.354 e. The summed E-state index contributed by atoms with van der Waals surface area (Å²) in [4.78, 5) is 0. The number of fused-ring (bicyclic) bond motifs is 5. The van der Waals surface area contributed by atoms with Crippen molar-refractivity contribution in [2.24, 2.45) is 0 Å². The van der Waals surface area contributed by atoms with Crippen LogP contribution in [0.25, 0.3) is 43.4 Å². The zero-order valence-corrected chi connectivity index (χ0v) is 13.6. The minimum absolute atomic E-state index is 1.19. The van der Waals surface area contributed by atoms with Crippen LogP contribution in [-0.4, -0.2) is 0 Å². The number of hydrogen-bond acceptors (Lipinski definition) is 1. The van der Waals surface area contributed by atoms with Gasteiger partial charge in [0.25, 0.3) is 0 Å². The van der Waals surface area contributed by atoms with Crippen molar-refractivity contribution < 1.29 is 0 Å². The SMILES string of the molecule is c1ccc2cc3c4c(ccc3cc2c1)Nc1cccc2cccc-4c12. The summed E-state index contributed by atoms with van der Waals surface area (Å²) in [5.74, 6) is 0. The van der Waals surface area contributed by atoms with Crippen LogP contribution < -0.4 is 5.32 Å². The van der Waals surface area contributed by atoms with Gasteiger partial charge in [-0.05, 0) is 56.8 Å². The van der Waals surface area contributed by atoms with E-state index in [1.54, 1.807) is 0 Å². The lowest BCUT2D eigenvalue weighted by Gasteiger charge is -2.24. The molecule has 1 nitrogen and oxygen atoms in total. The second-order valence-electron chi connectivity index (χ2n) is 6.74. The Balaban J connectivity index is 1.82. The summed E-state index contributed by atoms with van der Waals surface area (Å²) in [5.41, 5.74) is 5.02. The molecule has 0 bridgehead atoms. The summed E-state index contributed by atoms with van der Waals surface area (Å²) in [7, 11) is 0. The van der Waals surface area contributed by atoms with Crippen molar-refractivity contribution in [3.8, 4) is 11.1 Å². The molecule has 0 saturated carbocycles. The molecule has 6 rings (SSSR count). The molecule has 0 saturated heterocycles. The van der Waals surface area contributed by atoms with Gasteiger partial charge in [-0.3, -0.25) is 0 Å². The highest BCUT2D eigenvalue weighted by Crippen LogP contribution is 2.47. The number of benzene rings is 5. The Morgan fingerprint density at radius 2 is 1.28 bits per heavy atom. The van der Waals surface area contributed by atoms with Gasteiger partial charge in [0, 0.05) is 22.3 Å². The summed E-state index contributed by atoms with van der Waals surface area (Å²) >= 11 is 0. The van der Waals surface area contributed by atoms with Crippen LogP contribution in [0.15, 0.2) is 84.9 Å². The molecule has 25 heavy (non-hydrogen) atoms. The van der Waals surface area contributed by atoms with Gasteiger partial charge in [-0.1, -0.05) is 60.7 Å². The highest BCUT2D eigenvalue weighted by molar-refractivity contribution is 6.18. The zero-order valence-electron chi connectivity index (χ0n) is 13.6. The fourth-order valence-electron chi connectivity index (χ4n) is 4.21. The summed E-state index contributed by atoms with van der Waals surface area (Å²) in [6, 6.07) is 30.7. The Labute approximate surface area is 145 Å². The third-order valence-corrected chi connectivity index (χ3v) is 5.33. The lowest BCUT2D eigenvalue weighted by atomic mass is 9.88. The first-order chi connectivity index (χ1) is 12.4. The van der Waals surface area contributed by atoms with Gasteiger partial charge in [-0.15, -0.1) is 0 Å². The predicted molar refractivity (Wildman–Crippen MR) is 108 cm³/mol. The lowest BCUT2D eigenvalue weighted by molar-refractivity contribution is 1.56. The molecular formula is C24H15N. The van der Waals surface area contributed by atoms with E-state index in [2.05, 4.69) is 90.2 Å². The monoisotopic (exact) mass is 317 g/mol. The molecule has 0 spiro atoms. The summed E-state index contributed by atoms with van der Waals surface area (Å²) < 4.78 is 0. The van der Waals surface area contributed by atoms with Crippen LogP contribution in [0.2, 0.25) is 0 Å². The highest BCUT2D eigenvalue weighted by atomic mass is 14.9. The van der Waals surface area contributed by atoms with Crippen molar-refractivity contribution in [3.05, 3.63) is 84.9 Å². The minimum atomic E-state index is 1.19. The Bertz CT molecular complexity index is 1310. The molecular weight excluding hydrogens is 302 g/mol. The van der Waals surface area contributed by atoms with Crippen molar-refractivity contribution in [1.29, 1.82) is 0 Å². The predicted octanol–water partition coefficient (Wildman–Crippen LogP) is 6.87. The van der Waals surface area contributed by atoms with Crippen molar-refractivity contribution in [2.75, 3.05) is 5.32 Å². The fraction of sp³-hybridized carbons (Fsp3) is 0. The van der Waals surface area contributed by atoms with Crippen LogP contribution in [0.4, 0.5) is 11.4 Å². The van der Waals surface area contributed by atoms with E-state index in [9.17, 15) is 0 Å². The Morgan fingerprint density at radius 1 is 0.520 bits per heavy atom. The molecule has 116 valence electrons. The molecule has 1 aliphatic heterocycles. The van der Waals surface area contributed by atoms with E-state index in [1.165, 1.54) is 54.8 Å². The Morgan fingerprint density at radius 3 is 2.16 bits per heavy atom. The normalized spacial score (nSPS) is 12.3. The molecule has 1 heteroatoms. The first-order valence-corrected chi connectivity index (χ1v) is 8.63. The molecule has 1 aliphatic rings. The van der Waals surface area contributed by atoms with Crippen LogP contribution in [0, 0.1) is 0 Å². The maximum absolute atomic E-state index is 3.64. The number of nitrogens with one attached hydrogen (secondary N) is 1. The van der Waals surface area contributed by atoms with Crippen LogP contribution in [-0.2, 0) is 0 Å². The fourth-order valence-corrected chi connectivity index (χ4v) is 4.21.